The summed E-state index contributed by atoms with van der Waals surface area (Å²) >= 11 is 0. The second-order valence-electron chi connectivity index (χ2n) is 3.63. The number of ether oxygens (including phenoxy) is 1. The number of hydrogen-bond acceptors (Lipinski definition) is 4. The molecule has 0 unspecified atom stereocenters. The van der Waals surface area contributed by atoms with E-state index in [0.717, 1.165) is 12.3 Å². The van der Waals surface area contributed by atoms with Crippen LogP contribution in [-0.2, 0) is 0 Å². The van der Waals surface area contributed by atoms with Crippen molar-refractivity contribution < 1.29 is 19.0 Å². The first kappa shape index (κ1) is 12.7. The molecule has 0 aliphatic rings. The largest absolute Gasteiger partial charge is 0.494 e. The van der Waals surface area contributed by atoms with Crippen LogP contribution in [0.3, 0.4) is 0 Å². The number of methoxy groups -OCH3 is 1. The molecule has 1 aromatic heterocycles. The minimum Gasteiger partial charge on any atom is -0.494 e. The topological polar surface area (TPSA) is 92.3 Å². The molecule has 0 saturated carbocycles. The van der Waals surface area contributed by atoms with E-state index in [4.69, 9.17) is 9.84 Å². The maximum Gasteiger partial charge on any atom is 0.345 e. The molecule has 0 aliphatic carbocycles. The molecule has 2 N–H and O–H groups in total. The molecule has 0 bridgehead atoms. The molecule has 0 fully saturated rings. The van der Waals surface area contributed by atoms with E-state index in [0.29, 0.717) is 0 Å². The Kier molecular flexibility index (Phi) is 3.28. The molecule has 0 radical (unpaired) electrons. The number of carboxylic acid groups (broad SMARTS) is 1. The van der Waals surface area contributed by atoms with Gasteiger partial charge in [-0.15, -0.1) is 0 Å². The monoisotopic (exact) mass is 264 g/mol. The first-order valence-corrected chi connectivity index (χ1v) is 5.19. The lowest BCUT2D eigenvalue weighted by Crippen LogP contribution is -2.15. The first-order valence-electron chi connectivity index (χ1n) is 5.19. The molecule has 98 valence electrons. The van der Waals surface area contributed by atoms with Crippen LogP contribution in [0.1, 0.15) is 10.4 Å². The van der Waals surface area contributed by atoms with Crippen LogP contribution in [0.15, 0.2) is 29.2 Å². The number of nitrogens with one attached hydrogen (secondary N) is 1. The molecule has 0 amide bonds. The van der Waals surface area contributed by atoms with Crippen molar-refractivity contribution in [1.29, 1.82) is 0 Å². The summed E-state index contributed by atoms with van der Waals surface area (Å²) in [5.74, 6) is -1.90. The Hall–Kier alpha value is -2.70. The van der Waals surface area contributed by atoms with Crippen LogP contribution in [0.2, 0.25) is 0 Å². The predicted octanol–water partition coefficient (Wildman–Crippen LogP) is 1.28. The smallest absolute Gasteiger partial charge is 0.345 e. The van der Waals surface area contributed by atoms with Crippen LogP contribution < -0.4 is 10.4 Å². The second-order valence-corrected chi connectivity index (χ2v) is 3.63. The molecule has 0 spiro atoms. The standard InChI is InChI=1S/C12H9FN2O4/c1-19-9-3-2-6(4-8(9)13)10-7(11(16)17)5-14-12(18)15-10/h2-5H,1H3,(H,16,17)(H,14,15,18). The Morgan fingerprint density at radius 1 is 1.47 bits per heavy atom. The van der Waals surface area contributed by atoms with Crippen molar-refractivity contribution in [2.24, 2.45) is 0 Å². The highest BCUT2D eigenvalue weighted by Gasteiger charge is 2.15. The molecular formula is C12H9FN2O4. The van der Waals surface area contributed by atoms with E-state index in [-0.39, 0.29) is 22.6 Å². The van der Waals surface area contributed by atoms with E-state index >= 15 is 0 Å². The van der Waals surface area contributed by atoms with Crippen molar-refractivity contribution in [1.82, 2.24) is 9.97 Å². The van der Waals surface area contributed by atoms with Gasteiger partial charge in [0.05, 0.1) is 12.8 Å². The highest BCUT2D eigenvalue weighted by atomic mass is 19.1. The number of aromatic amines is 1. The van der Waals surface area contributed by atoms with Crippen LogP contribution in [0.5, 0.6) is 5.75 Å². The number of benzene rings is 1. The molecule has 0 atom stereocenters. The third-order valence-corrected chi connectivity index (χ3v) is 2.48. The van der Waals surface area contributed by atoms with E-state index in [9.17, 15) is 14.0 Å². The molecule has 0 aliphatic heterocycles. The number of carboxylic acids is 1. The lowest BCUT2D eigenvalue weighted by molar-refractivity contribution is 0.0697. The second kappa shape index (κ2) is 4.89. The number of aromatic carboxylic acids is 1. The Labute approximate surface area is 106 Å². The zero-order valence-corrected chi connectivity index (χ0v) is 9.81. The fourth-order valence-corrected chi connectivity index (χ4v) is 1.61. The van der Waals surface area contributed by atoms with Gasteiger partial charge in [-0.3, -0.25) is 0 Å². The molecule has 2 aromatic rings. The zero-order chi connectivity index (χ0) is 14.0. The summed E-state index contributed by atoms with van der Waals surface area (Å²) < 4.78 is 18.4. The quantitative estimate of drug-likeness (QED) is 0.871. The van der Waals surface area contributed by atoms with E-state index in [1.54, 1.807) is 0 Å². The highest BCUT2D eigenvalue weighted by molar-refractivity contribution is 5.94. The lowest BCUT2D eigenvalue weighted by atomic mass is 10.1. The fraction of sp³-hybridized carbons (Fsp3) is 0.0833. The zero-order valence-electron chi connectivity index (χ0n) is 9.81. The van der Waals surface area contributed by atoms with Gasteiger partial charge in [0, 0.05) is 11.8 Å². The minimum absolute atomic E-state index is 0.00551. The average Bonchev–Trinajstić information content (AvgIpc) is 2.38. The number of rotatable bonds is 3. The molecule has 2 rings (SSSR count). The summed E-state index contributed by atoms with van der Waals surface area (Å²) in [6.45, 7) is 0. The summed E-state index contributed by atoms with van der Waals surface area (Å²) in [6.07, 6.45) is 0.929. The van der Waals surface area contributed by atoms with Crippen molar-refractivity contribution in [3.63, 3.8) is 0 Å². The maximum atomic E-state index is 13.6. The maximum absolute atomic E-state index is 13.6. The number of halogens is 1. The molecule has 0 saturated heterocycles. The van der Waals surface area contributed by atoms with Crippen LogP contribution in [-0.4, -0.2) is 28.2 Å². The Bertz CT molecular complexity index is 696. The number of nitrogens with zero attached hydrogens (tertiary/aromatic N) is 1. The van der Waals surface area contributed by atoms with E-state index < -0.39 is 17.5 Å². The summed E-state index contributed by atoms with van der Waals surface area (Å²) in [7, 11) is 1.31. The van der Waals surface area contributed by atoms with Gasteiger partial charge < -0.3 is 14.8 Å². The molecule has 1 heterocycles. The van der Waals surface area contributed by atoms with Gasteiger partial charge in [0.2, 0.25) is 0 Å². The van der Waals surface area contributed by atoms with E-state index in [1.165, 1.54) is 19.2 Å². The molecule has 7 heteroatoms. The lowest BCUT2D eigenvalue weighted by Gasteiger charge is -2.07. The fourth-order valence-electron chi connectivity index (χ4n) is 1.61. The van der Waals surface area contributed by atoms with E-state index in [1.807, 2.05) is 0 Å². The van der Waals surface area contributed by atoms with Crippen molar-refractivity contribution in [3.05, 3.63) is 46.3 Å². The molecule has 1 aromatic carbocycles. The predicted molar refractivity (Wildman–Crippen MR) is 63.8 cm³/mol. The van der Waals surface area contributed by atoms with Crippen LogP contribution in [0.25, 0.3) is 11.3 Å². The minimum atomic E-state index is -1.27. The Morgan fingerprint density at radius 3 is 2.79 bits per heavy atom. The Balaban J connectivity index is 2.64. The van der Waals surface area contributed by atoms with Crippen molar-refractivity contribution in [2.75, 3.05) is 7.11 Å². The van der Waals surface area contributed by atoms with Gasteiger partial charge in [0.15, 0.2) is 11.6 Å². The summed E-state index contributed by atoms with van der Waals surface area (Å²) in [6, 6.07) is 3.87. The van der Waals surface area contributed by atoms with Crippen LogP contribution >= 0.6 is 0 Å². The van der Waals surface area contributed by atoms with Crippen LogP contribution in [0.4, 0.5) is 4.39 Å². The summed E-state index contributed by atoms with van der Waals surface area (Å²) in [5, 5.41) is 9.01. The van der Waals surface area contributed by atoms with Gasteiger partial charge in [-0.25, -0.2) is 19.0 Å². The van der Waals surface area contributed by atoms with Gasteiger partial charge >= 0.3 is 11.7 Å². The van der Waals surface area contributed by atoms with Crippen molar-refractivity contribution in [3.8, 4) is 17.0 Å². The third-order valence-electron chi connectivity index (χ3n) is 2.48. The van der Waals surface area contributed by atoms with Gasteiger partial charge in [-0.05, 0) is 18.2 Å². The number of carbonyl (C=O) groups is 1. The summed E-state index contributed by atoms with van der Waals surface area (Å²) in [5.41, 5.74) is -0.718. The average molecular weight is 264 g/mol. The SMILES string of the molecule is COc1ccc(-c2[nH]c(=O)ncc2C(=O)O)cc1F. The van der Waals surface area contributed by atoms with Gasteiger partial charge in [0.1, 0.15) is 5.56 Å². The van der Waals surface area contributed by atoms with Gasteiger partial charge in [-0.2, -0.15) is 0 Å². The molecule has 6 nitrogen and oxygen atoms in total. The molecule has 19 heavy (non-hydrogen) atoms. The highest BCUT2D eigenvalue weighted by Crippen LogP contribution is 2.25. The van der Waals surface area contributed by atoms with Gasteiger partial charge in [-0.1, -0.05) is 0 Å². The first-order chi connectivity index (χ1) is 9.02. The van der Waals surface area contributed by atoms with Crippen molar-refractivity contribution in [2.45, 2.75) is 0 Å². The molecular weight excluding hydrogens is 255 g/mol. The number of hydrogen-bond donors (Lipinski definition) is 2. The van der Waals surface area contributed by atoms with Crippen LogP contribution in [0, 0.1) is 5.82 Å². The van der Waals surface area contributed by atoms with Crippen molar-refractivity contribution >= 4 is 5.97 Å². The third kappa shape index (κ3) is 2.44. The van der Waals surface area contributed by atoms with Gasteiger partial charge in [0.25, 0.3) is 0 Å². The Morgan fingerprint density at radius 2 is 2.21 bits per heavy atom. The van der Waals surface area contributed by atoms with E-state index in [2.05, 4.69) is 9.97 Å². The number of aromatic nitrogens is 2. The summed E-state index contributed by atoms with van der Waals surface area (Å²) in [4.78, 5) is 27.8. The normalized spacial score (nSPS) is 10.2. The number of H-pyrrole nitrogens is 1.